The standard InChI is InChI=1S/C14H16ClN3O/c1-3-16-9-11-8-13(17-18(2)14(11)19)10-4-6-12(15)7-5-10/h4-8,16H,3,9H2,1-2H3. The molecule has 0 atom stereocenters. The lowest BCUT2D eigenvalue weighted by Gasteiger charge is -2.08. The van der Waals surface area contributed by atoms with Crippen LogP contribution in [-0.4, -0.2) is 16.3 Å². The lowest BCUT2D eigenvalue weighted by Crippen LogP contribution is -2.27. The molecule has 2 aromatic rings. The minimum absolute atomic E-state index is 0.0707. The fraction of sp³-hybridized carbons (Fsp3) is 0.286. The van der Waals surface area contributed by atoms with E-state index in [1.54, 1.807) is 7.05 Å². The van der Waals surface area contributed by atoms with Gasteiger partial charge in [-0.1, -0.05) is 30.7 Å². The number of hydrogen-bond acceptors (Lipinski definition) is 3. The predicted molar refractivity (Wildman–Crippen MR) is 77.3 cm³/mol. The fourth-order valence-electron chi connectivity index (χ4n) is 1.82. The molecule has 0 saturated carbocycles. The third kappa shape index (κ3) is 3.22. The van der Waals surface area contributed by atoms with Crippen LogP contribution in [0.15, 0.2) is 35.1 Å². The second-order valence-corrected chi connectivity index (χ2v) is 4.71. The summed E-state index contributed by atoms with van der Waals surface area (Å²) in [5.41, 5.74) is 2.35. The average molecular weight is 278 g/mol. The maximum absolute atomic E-state index is 12.0. The van der Waals surface area contributed by atoms with Gasteiger partial charge in [0.15, 0.2) is 0 Å². The molecule has 19 heavy (non-hydrogen) atoms. The molecule has 100 valence electrons. The van der Waals surface area contributed by atoms with E-state index in [9.17, 15) is 4.79 Å². The minimum atomic E-state index is -0.0707. The van der Waals surface area contributed by atoms with E-state index in [0.717, 1.165) is 17.8 Å². The van der Waals surface area contributed by atoms with Crippen molar-refractivity contribution in [3.63, 3.8) is 0 Å². The van der Waals surface area contributed by atoms with Gasteiger partial charge < -0.3 is 5.32 Å². The van der Waals surface area contributed by atoms with Crippen LogP contribution >= 0.6 is 11.6 Å². The van der Waals surface area contributed by atoms with Gasteiger partial charge in [-0.2, -0.15) is 5.10 Å². The molecule has 1 aromatic heterocycles. The molecule has 1 aromatic carbocycles. The van der Waals surface area contributed by atoms with Gasteiger partial charge in [0.1, 0.15) is 0 Å². The Morgan fingerprint density at radius 2 is 2.00 bits per heavy atom. The highest BCUT2D eigenvalue weighted by Crippen LogP contribution is 2.19. The van der Waals surface area contributed by atoms with Gasteiger partial charge in [0.25, 0.3) is 5.56 Å². The van der Waals surface area contributed by atoms with Crippen molar-refractivity contribution in [1.29, 1.82) is 0 Å². The number of halogens is 1. The highest BCUT2D eigenvalue weighted by Gasteiger charge is 2.07. The molecule has 0 unspecified atom stereocenters. The second kappa shape index (κ2) is 5.99. The maximum atomic E-state index is 12.0. The van der Waals surface area contributed by atoms with E-state index < -0.39 is 0 Å². The molecule has 0 saturated heterocycles. The van der Waals surface area contributed by atoms with Crippen LogP contribution in [0.5, 0.6) is 0 Å². The monoisotopic (exact) mass is 277 g/mol. The molecule has 0 amide bonds. The molecule has 0 aliphatic heterocycles. The van der Waals surface area contributed by atoms with E-state index in [-0.39, 0.29) is 5.56 Å². The molecule has 4 nitrogen and oxygen atoms in total. The zero-order valence-corrected chi connectivity index (χ0v) is 11.7. The van der Waals surface area contributed by atoms with Gasteiger partial charge in [-0.15, -0.1) is 0 Å². The maximum Gasteiger partial charge on any atom is 0.271 e. The first kappa shape index (κ1) is 13.8. The van der Waals surface area contributed by atoms with Crippen molar-refractivity contribution in [1.82, 2.24) is 15.1 Å². The fourth-order valence-corrected chi connectivity index (χ4v) is 1.94. The zero-order chi connectivity index (χ0) is 13.8. The Balaban J connectivity index is 2.44. The predicted octanol–water partition coefficient (Wildman–Crippen LogP) is 2.21. The van der Waals surface area contributed by atoms with E-state index in [2.05, 4.69) is 10.4 Å². The minimum Gasteiger partial charge on any atom is -0.313 e. The van der Waals surface area contributed by atoms with Crippen LogP contribution in [0.25, 0.3) is 11.3 Å². The topological polar surface area (TPSA) is 46.9 Å². The van der Waals surface area contributed by atoms with E-state index in [1.165, 1.54) is 4.68 Å². The van der Waals surface area contributed by atoms with Gasteiger partial charge in [0.2, 0.25) is 0 Å². The summed E-state index contributed by atoms with van der Waals surface area (Å²) >= 11 is 5.87. The van der Waals surface area contributed by atoms with Crippen LogP contribution in [0.4, 0.5) is 0 Å². The van der Waals surface area contributed by atoms with Crippen molar-refractivity contribution < 1.29 is 0 Å². The van der Waals surface area contributed by atoms with Gasteiger partial charge in [0, 0.05) is 29.7 Å². The van der Waals surface area contributed by atoms with Crippen molar-refractivity contribution in [3.8, 4) is 11.3 Å². The summed E-state index contributed by atoms with van der Waals surface area (Å²) in [6, 6.07) is 9.24. The van der Waals surface area contributed by atoms with Crippen molar-refractivity contribution in [2.24, 2.45) is 7.05 Å². The van der Waals surface area contributed by atoms with Gasteiger partial charge in [-0.05, 0) is 24.7 Å². The Morgan fingerprint density at radius 1 is 1.32 bits per heavy atom. The first-order valence-corrected chi connectivity index (χ1v) is 6.53. The molecule has 0 aliphatic carbocycles. The molecule has 0 spiro atoms. The van der Waals surface area contributed by atoms with Crippen LogP contribution in [-0.2, 0) is 13.6 Å². The van der Waals surface area contributed by atoms with E-state index in [1.807, 2.05) is 37.3 Å². The first-order valence-electron chi connectivity index (χ1n) is 6.15. The van der Waals surface area contributed by atoms with Crippen molar-refractivity contribution in [2.75, 3.05) is 6.54 Å². The smallest absolute Gasteiger partial charge is 0.271 e. The number of benzene rings is 1. The summed E-state index contributed by atoms with van der Waals surface area (Å²) in [6.07, 6.45) is 0. The number of aryl methyl sites for hydroxylation is 1. The van der Waals surface area contributed by atoms with Gasteiger partial charge in [0.05, 0.1) is 5.69 Å². The van der Waals surface area contributed by atoms with Gasteiger partial charge in [-0.3, -0.25) is 4.79 Å². The number of nitrogens with zero attached hydrogens (tertiary/aromatic N) is 2. The van der Waals surface area contributed by atoms with E-state index >= 15 is 0 Å². The lowest BCUT2D eigenvalue weighted by atomic mass is 10.1. The molecule has 1 heterocycles. The summed E-state index contributed by atoms with van der Waals surface area (Å²) in [6.45, 7) is 3.37. The summed E-state index contributed by atoms with van der Waals surface area (Å²) in [7, 11) is 1.66. The largest absolute Gasteiger partial charge is 0.313 e. The summed E-state index contributed by atoms with van der Waals surface area (Å²) < 4.78 is 1.37. The molecular formula is C14H16ClN3O. The Kier molecular flexibility index (Phi) is 4.35. The zero-order valence-electron chi connectivity index (χ0n) is 11.0. The van der Waals surface area contributed by atoms with E-state index in [4.69, 9.17) is 11.6 Å². The number of rotatable bonds is 4. The van der Waals surface area contributed by atoms with E-state index in [0.29, 0.717) is 17.1 Å². The Hall–Kier alpha value is -1.65. The molecule has 0 bridgehead atoms. The first-order chi connectivity index (χ1) is 9.11. The third-order valence-electron chi connectivity index (χ3n) is 2.84. The third-order valence-corrected chi connectivity index (χ3v) is 3.09. The summed E-state index contributed by atoms with van der Waals surface area (Å²) in [5.74, 6) is 0. The second-order valence-electron chi connectivity index (χ2n) is 4.27. The normalized spacial score (nSPS) is 10.7. The highest BCUT2D eigenvalue weighted by molar-refractivity contribution is 6.30. The number of aromatic nitrogens is 2. The molecule has 1 N–H and O–H groups in total. The number of hydrogen-bond donors (Lipinski definition) is 1. The van der Waals surface area contributed by atoms with Crippen LogP contribution in [0.2, 0.25) is 5.02 Å². The summed E-state index contributed by atoms with van der Waals surface area (Å²) in [4.78, 5) is 12.0. The Morgan fingerprint density at radius 3 is 2.63 bits per heavy atom. The van der Waals surface area contributed by atoms with Crippen molar-refractivity contribution in [2.45, 2.75) is 13.5 Å². The highest BCUT2D eigenvalue weighted by atomic mass is 35.5. The molecular weight excluding hydrogens is 262 g/mol. The SMILES string of the molecule is CCNCc1cc(-c2ccc(Cl)cc2)nn(C)c1=O. The molecule has 5 heteroatoms. The quantitative estimate of drug-likeness (QED) is 0.932. The molecule has 0 radical (unpaired) electrons. The molecule has 0 fully saturated rings. The molecule has 0 aliphatic rings. The van der Waals surface area contributed by atoms with Crippen LogP contribution in [0.3, 0.4) is 0 Å². The lowest BCUT2D eigenvalue weighted by molar-refractivity contribution is 0.665. The number of nitrogens with one attached hydrogen (secondary N) is 1. The van der Waals surface area contributed by atoms with Crippen molar-refractivity contribution in [3.05, 3.63) is 51.3 Å². The summed E-state index contributed by atoms with van der Waals surface area (Å²) in [5, 5.41) is 8.11. The average Bonchev–Trinajstić information content (AvgIpc) is 2.41. The van der Waals surface area contributed by atoms with Crippen LogP contribution < -0.4 is 10.9 Å². The van der Waals surface area contributed by atoms with Crippen molar-refractivity contribution >= 4 is 11.6 Å². The molecule has 2 rings (SSSR count). The van der Waals surface area contributed by atoms with Gasteiger partial charge in [-0.25, -0.2) is 4.68 Å². The van der Waals surface area contributed by atoms with Crippen LogP contribution in [0, 0.1) is 0 Å². The Bertz CT molecular complexity index is 620. The Labute approximate surface area is 117 Å². The van der Waals surface area contributed by atoms with Crippen LogP contribution in [0.1, 0.15) is 12.5 Å². The van der Waals surface area contributed by atoms with Gasteiger partial charge >= 0.3 is 0 Å².